The molecule has 0 unspecified atom stereocenters. The van der Waals surface area contributed by atoms with E-state index in [-0.39, 0.29) is 18.0 Å². The maximum absolute atomic E-state index is 12.3. The summed E-state index contributed by atoms with van der Waals surface area (Å²) >= 11 is 0. The number of aromatic amines is 1. The van der Waals surface area contributed by atoms with Crippen molar-refractivity contribution in [3.05, 3.63) is 70.1 Å². The number of piperidine rings is 1. The summed E-state index contributed by atoms with van der Waals surface area (Å²) in [4.78, 5) is 15.2. The van der Waals surface area contributed by atoms with Gasteiger partial charge in [0.1, 0.15) is 11.2 Å². The van der Waals surface area contributed by atoms with Crippen molar-refractivity contribution in [2.45, 2.75) is 25.2 Å². The molecular formula is C20H21ClN6O2. The fourth-order valence-corrected chi connectivity index (χ4v) is 3.78. The average molecular weight is 413 g/mol. The van der Waals surface area contributed by atoms with E-state index in [4.69, 9.17) is 4.42 Å². The Morgan fingerprint density at radius 3 is 2.72 bits per heavy atom. The van der Waals surface area contributed by atoms with E-state index < -0.39 is 0 Å². The molecule has 1 aromatic carbocycles. The van der Waals surface area contributed by atoms with Crippen LogP contribution in [0.25, 0.3) is 17.1 Å². The van der Waals surface area contributed by atoms with Crippen LogP contribution in [0.1, 0.15) is 35.9 Å². The Bertz CT molecular complexity index is 1160. The average Bonchev–Trinajstić information content (AvgIpc) is 3.35. The number of nitrogens with one attached hydrogen (secondary N) is 2. The van der Waals surface area contributed by atoms with Gasteiger partial charge < -0.3 is 14.7 Å². The largest absolute Gasteiger partial charge is 0.420 e. The van der Waals surface area contributed by atoms with Gasteiger partial charge in [0.05, 0.1) is 18.3 Å². The van der Waals surface area contributed by atoms with E-state index in [1.807, 2.05) is 30.3 Å². The van der Waals surface area contributed by atoms with Crippen molar-refractivity contribution < 1.29 is 4.42 Å². The lowest BCUT2D eigenvalue weighted by atomic mass is 9.94. The maximum Gasteiger partial charge on any atom is 0.253 e. The number of fused-ring (bicyclic) bond motifs is 1. The molecule has 0 atom stereocenters. The minimum Gasteiger partial charge on any atom is -0.420 e. The predicted octanol–water partition coefficient (Wildman–Crippen LogP) is 2.55. The molecule has 0 aliphatic carbocycles. The van der Waals surface area contributed by atoms with Gasteiger partial charge in [0, 0.05) is 12.0 Å². The van der Waals surface area contributed by atoms with E-state index in [1.54, 1.807) is 16.8 Å². The van der Waals surface area contributed by atoms with Crippen LogP contribution >= 0.6 is 12.4 Å². The molecule has 2 N–H and O–H groups in total. The molecular weight excluding hydrogens is 392 g/mol. The zero-order chi connectivity index (χ0) is 18.9. The number of rotatable bonds is 4. The van der Waals surface area contributed by atoms with Crippen LogP contribution in [-0.4, -0.2) is 37.9 Å². The number of H-pyrrole nitrogens is 1. The van der Waals surface area contributed by atoms with Crippen LogP contribution in [0.15, 0.2) is 51.8 Å². The summed E-state index contributed by atoms with van der Waals surface area (Å²) in [7, 11) is 0. The number of halogens is 1. The minimum atomic E-state index is -0.146. The number of hydrogen-bond acceptors (Lipinski definition) is 6. The molecule has 1 fully saturated rings. The second-order valence-electron chi connectivity index (χ2n) is 7.06. The minimum absolute atomic E-state index is 0. The van der Waals surface area contributed by atoms with Gasteiger partial charge in [-0.1, -0.05) is 30.3 Å². The Hall–Kier alpha value is -2.97. The van der Waals surface area contributed by atoms with Crippen LogP contribution in [0.4, 0.5) is 0 Å². The van der Waals surface area contributed by atoms with Gasteiger partial charge in [-0.2, -0.15) is 5.10 Å². The van der Waals surface area contributed by atoms with Crippen molar-refractivity contribution in [2.24, 2.45) is 0 Å². The Morgan fingerprint density at radius 1 is 1.14 bits per heavy atom. The highest BCUT2D eigenvalue weighted by Gasteiger charge is 2.22. The van der Waals surface area contributed by atoms with Crippen molar-refractivity contribution in [3.63, 3.8) is 0 Å². The first-order valence-electron chi connectivity index (χ1n) is 9.46. The van der Waals surface area contributed by atoms with Gasteiger partial charge in [0.15, 0.2) is 0 Å². The van der Waals surface area contributed by atoms with E-state index in [0.29, 0.717) is 35.3 Å². The SMILES string of the molecule is Cl.O=c1cc(C2CCNCC2)n2ncc(-c3nnc(Cc4ccccc4)o3)c2[nH]1. The summed E-state index contributed by atoms with van der Waals surface area (Å²) in [6, 6.07) is 11.6. The van der Waals surface area contributed by atoms with Crippen LogP contribution in [0.3, 0.4) is 0 Å². The fraction of sp³-hybridized carbons (Fsp3) is 0.300. The molecule has 29 heavy (non-hydrogen) atoms. The van der Waals surface area contributed by atoms with Crippen LogP contribution in [0.2, 0.25) is 0 Å². The third-order valence-corrected chi connectivity index (χ3v) is 5.19. The highest BCUT2D eigenvalue weighted by atomic mass is 35.5. The van der Waals surface area contributed by atoms with E-state index in [1.165, 1.54) is 0 Å². The lowest BCUT2D eigenvalue weighted by Gasteiger charge is -2.23. The first kappa shape index (κ1) is 19.4. The third-order valence-electron chi connectivity index (χ3n) is 5.19. The van der Waals surface area contributed by atoms with Crippen molar-refractivity contribution in [1.82, 2.24) is 30.1 Å². The van der Waals surface area contributed by atoms with Crippen LogP contribution in [0.5, 0.6) is 0 Å². The summed E-state index contributed by atoms with van der Waals surface area (Å²) in [5.74, 6) is 1.19. The molecule has 150 valence electrons. The Labute approximate surface area is 172 Å². The lowest BCUT2D eigenvalue weighted by Crippen LogP contribution is -2.28. The van der Waals surface area contributed by atoms with E-state index in [9.17, 15) is 4.79 Å². The number of hydrogen-bond donors (Lipinski definition) is 2. The maximum atomic E-state index is 12.3. The third kappa shape index (κ3) is 3.81. The zero-order valence-corrected chi connectivity index (χ0v) is 16.5. The van der Waals surface area contributed by atoms with Crippen LogP contribution in [0, 0.1) is 0 Å². The van der Waals surface area contributed by atoms with Crippen molar-refractivity contribution in [2.75, 3.05) is 13.1 Å². The number of nitrogens with zero attached hydrogens (tertiary/aromatic N) is 4. The van der Waals surface area contributed by atoms with Gasteiger partial charge in [0.25, 0.3) is 11.4 Å². The molecule has 4 heterocycles. The van der Waals surface area contributed by atoms with Crippen LogP contribution < -0.4 is 10.9 Å². The van der Waals surface area contributed by atoms with Crippen molar-refractivity contribution >= 4 is 18.1 Å². The molecule has 0 radical (unpaired) electrons. The summed E-state index contributed by atoms with van der Waals surface area (Å²) in [5, 5.41) is 16.2. The molecule has 1 saturated heterocycles. The lowest BCUT2D eigenvalue weighted by molar-refractivity contribution is 0.446. The molecule has 0 spiro atoms. The highest BCUT2D eigenvalue weighted by molar-refractivity contribution is 5.85. The molecule has 1 aliphatic rings. The smallest absolute Gasteiger partial charge is 0.253 e. The molecule has 3 aromatic heterocycles. The summed E-state index contributed by atoms with van der Waals surface area (Å²) in [6.07, 6.45) is 4.20. The van der Waals surface area contributed by atoms with Gasteiger partial charge in [-0.05, 0) is 31.5 Å². The number of benzene rings is 1. The predicted molar refractivity (Wildman–Crippen MR) is 110 cm³/mol. The van der Waals surface area contributed by atoms with Gasteiger partial charge in [-0.3, -0.25) is 4.79 Å². The van der Waals surface area contributed by atoms with Gasteiger partial charge >= 0.3 is 0 Å². The zero-order valence-electron chi connectivity index (χ0n) is 15.7. The molecule has 1 aliphatic heterocycles. The molecule has 0 saturated carbocycles. The first-order valence-corrected chi connectivity index (χ1v) is 9.46. The van der Waals surface area contributed by atoms with Gasteiger partial charge in [-0.25, -0.2) is 4.52 Å². The van der Waals surface area contributed by atoms with Crippen molar-refractivity contribution in [3.8, 4) is 11.5 Å². The van der Waals surface area contributed by atoms with E-state index >= 15 is 0 Å². The topological polar surface area (TPSA) is 101 Å². The second kappa shape index (κ2) is 8.18. The summed E-state index contributed by atoms with van der Waals surface area (Å²) < 4.78 is 7.66. The molecule has 4 aromatic rings. The molecule has 0 bridgehead atoms. The highest BCUT2D eigenvalue weighted by Crippen LogP contribution is 2.28. The monoisotopic (exact) mass is 412 g/mol. The molecule has 0 amide bonds. The van der Waals surface area contributed by atoms with Gasteiger partial charge in [0.2, 0.25) is 5.89 Å². The van der Waals surface area contributed by atoms with E-state index in [0.717, 1.165) is 37.2 Å². The summed E-state index contributed by atoms with van der Waals surface area (Å²) in [6.45, 7) is 1.89. The quantitative estimate of drug-likeness (QED) is 0.534. The first-order chi connectivity index (χ1) is 13.8. The molecule has 8 nitrogen and oxygen atoms in total. The molecule has 9 heteroatoms. The molecule has 5 rings (SSSR count). The fourth-order valence-electron chi connectivity index (χ4n) is 3.78. The summed E-state index contributed by atoms with van der Waals surface area (Å²) in [5.41, 5.74) is 3.11. The standard InChI is InChI=1S/C20H20N6O2.ClH/c27-17-11-16(14-6-8-21-9-7-14)26-19(23-17)15(12-22-26)20-25-24-18(28-20)10-13-4-2-1-3-5-13;/h1-5,11-12,14,21H,6-10H2,(H,23,27);1H. The van der Waals surface area contributed by atoms with Crippen molar-refractivity contribution in [1.29, 1.82) is 0 Å². The Morgan fingerprint density at radius 2 is 1.93 bits per heavy atom. The number of aromatic nitrogens is 5. The van der Waals surface area contributed by atoms with E-state index in [2.05, 4.69) is 25.6 Å². The Kier molecular flexibility index (Phi) is 5.46. The second-order valence-corrected chi connectivity index (χ2v) is 7.06. The normalized spacial score (nSPS) is 14.8. The Balaban J connectivity index is 0.00000205. The van der Waals surface area contributed by atoms with Crippen LogP contribution in [-0.2, 0) is 6.42 Å². The van der Waals surface area contributed by atoms with Gasteiger partial charge in [-0.15, -0.1) is 22.6 Å².